The van der Waals surface area contributed by atoms with Crippen molar-refractivity contribution in [1.82, 2.24) is 10.2 Å². The van der Waals surface area contributed by atoms with Gasteiger partial charge in [0, 0.05) is 24.4 Å². The quantitative estimate of drug-likeness (QED) is 0.386. The molecule has 1 unspecified atom stereocenters. The van der Waals surface area contributed by atoms with Gasteiger partial charge in [0.1, 0.15) is 6.04 Å². The van der Waals surface area contributed by atoms with Crippen molar-refractivity contribution < 1.29 is 9.59 Å². The van der Waals surface area contributed by atoms with Crippen molar-refractivity contribution >= 4 is 11.8 Å². The van der Waals surface area contributed by atoms with Crippen molar-refractivity contribution in [2.75, 3.05) is 13.1 Å². The minimum atomic E-state index is -0.371. The number of likely N-dealkylation sites (tertiary alicyclic amines) is 1. The number of carbonyl (C=O) groups is 2. The van der Waals surface area contributed by atoms with Crippen molar-refractivity contribution in [3.8, 4) is 0 Å². The second-order valence-corrected chi connectivity index (χ2v) is 3.76. The highest BCUT2D eigenvalue weighted by molar-refractivity contribution is 5.91. The predicted molar refractivity (Wildman–Crippen MR) is 50.7 cm³/mol. The Hall–Kier alpha value is -1.75. The fraction of sp³-hybridized carbons (Fsp3) is 0.750. The molecule has 15 heavy (non-hydrogen) atoms. The molecule has 2 saturated heterocycles. The first kappa shape index (κ1) is 9.79. The molecule has 80 valence electrons. The maximum Gasteiger partial charge on any atom is 0.245 e. The number of hydrogen-bond donors (Lipinski definition) is 1. The number of nitrogens with zero attached hydrogens (tertiary/aromatic N) is 4. The minimum absolute atomic E-state index is 0.0646. The van der Waals surface area contributed by atoms with E-state index >= 15 is 0 Å². The maximum atomic E-state index is 11.7. The van der Waals surface area contributed by atoms with E-state index in [4.69, 9.17) is 5.53 Å². The zero-order valence-electron chi connectivity index (χ0n) is 8.09. The van der Waals surface area contributed by atoms with Crippen LogP contribution in [-0.2, 0) is 9.59 Å². The summed E-state index contributed by atoms with van der Waals surface area (Å²) in [6, 6.07) is -0.472. The smallest absolute Gasteiger partial charge is 0.245 e. The number of nitrogens with one attached hydrogen (secondary N) is 1. The highest BCUT2D eigenvalue weighted by Gasteiger charge is 2.36. The topological polar surface area (TPSA) is 98.2 Å². The Labute approximate surface area is 86.0 Å². The average molecular weight is 209 g/mol. The van der Waals surface area contributed by atoms with Gasteiger partial charge >= 0.3 is 0 Å². The predicted octanol–water partition coefficient (Wildman–Crippen LogP) is -0.214. The van der Waals surface area contributed by atoms with Crippen LogP contribution < -0.4 is 5.32 Å². The van der Waals surface area contributed by atoms with Gasteiger partial charge in [-0.25, -0.2) is 0 Å². The van der Waals surface area contributed by atoms with Crippen molar-refractivity contribution in [1.29, 1.82) is 0 Å². The van der Waals surface area contributed by atoms with Gasteiger partial charge in [-0.3, -0.25) is 9.59 Å². The first-order valence-corrected chi connectivity index (χ1v) is 4.83. The molecule has 2 aliphatic rings. The Kier molecular flexibility index (Phi) is 2.47. The van der Waals surface area contributed by atoms with E-state index in [1.165, 1.54) is 0 Å². The molecule has 7 heteroatoms. The van der Waals surface area contributed by atoms with Gasteiger partial charge in [0.25, 0.3) is 0 Å². The van der Waals surface area contributed by atoms with Gasteiger partial charge in [-0.15, -0.1) is 0 Å². The Morgan fingerprint density at radius 3 is 2.87 bits per heavy atom. The van der Waals surface area contributed by atoms with E-state index in [0.717, 1.165) is 0 Å². The van der Waals surface area contributed by atoms with Crippen LogP contribution in [0.2, 0.25) is 0 Å². The van der Waals surface area contributed by atoms with Gasteiger partial charge in [0.2, 0.25) is 11.8 Å². The van der Waals surface area contributed by atoms with Crippen LogP contribution >= 0.6 is 0 Å². The zero-order chi connectivity index (χ0) is 10.8. The third kappa shape index (κ3) is 1.87. The van der Waals surface area contributed by atoms with E-state index in [0.29, 0.717) is 25.9 Å². The van der Waals surface area contributed by atoms with Gasteiger partial charge < -0.3 is 10.2 Å². The molecule has 2 aliphatic heterocycles. The monoisotopic (exact) mass is 209 g/mol. The fourth-order valence-corrected chi connectivity index (χ4v) is 1.80. The fourth-order valence-electron chi connectivity index (χ4n) is 1.80. The summed E-state index contributed by atoms with van der Waals surface area (Å²) in [6.07, 6.45) is 0.990. The second kappa shape index (κ2) is 3.78. The van der Waals surface area contributed by atoms with Crippen LogP contribution in [0.4, 0.5) is 0 Å². The van der Waals surface area contributed by atoms with E-state index in [1.54, 1.807) is 4.90 Å². The molecule has 0 aromatic heterocycles. The van der Waals surface area contributed by atoms with Gasteiger partial charge in [-0.05, 0) is 12.0 Å². The molecule has 1 atom stereocenters. The Bertz CT molecular complexity index is 343. The average Bonchev–Trinajstić information content (AvgIpc) is 2.56. The first-order chi connectivity index (χ1) is 7.20. The molecule has 7 nitrogen and oxygen atoms in total. The molecule has 0 aliphatic carbocycles. The van der Waals surface area contributed by atoms with E-state index < -0.39 is 0 Å². The van der Waals surface area contributed by atoms with Crippen molar-refractivity contribution in [3.05, 3.63) is 10.4 Å². The van der Waals surface area contributed by atoms with E-state index in [9.17, 15) is 9.59 Å². The zero-order valence-corrected chi connectivity index (χ0v) is 8.09. The van der Waals surface area contributed by atoms with Crippen LogP contribution in [0.5, 0.6) is 0 Å². The number of hydrogen-bond acceptors (Lipinski definition) is 3. The highest BCUT2D eigenvalue weighted by atomic mass is 16.2. The van der Waals surface area contributed by atoms with Crippen molar-refractivity contribution in [2.24, 2.45) is 5.11 Å². The van der Waals surface area contributed by atoms with Gasteiger partial charge in [-0.2, -0.15) is 0 Å². The Morgan fingerprint density at radius 1 is 1.60 bits per heavy atom. The summed E-state index contributed by atoms with van der Waals surface area (Å²) in [4.78, 5) is 26.9. The first-order valence-electron chi connectivity index (χ1n) is 4.83. The third-order valence-corrected chi connectivity index (χ3v) is 2.68. The van der Waals surface area contributed by atoms with E-state index in [2.05, 4.69) is 15.3 Å². The highest BCUT2D eigenvalue weighted by Crippen LogP contribution is 2.17. The van der Waals surface area contributed by atoms with Crippen molar-refractivity contribution in [3.63, 3.8) is 0 Å². The molecule has 2 heterocycles. The van der Waals surface area contributed by atoms with Crippen LogP contribution in [0.3, 0.4) is 0 Å². The number of rotatable bonds is 2. The third-order valence-electron chi connectivity index (χ3n) is 2.68. The lowest BCUT2D eigenvalue weighted by atomic mass is 10.1. The van der Waals surface area contributed by atoms with Crippen LogP contribution in [0.15, 0.2) is 5.11 Å². The standard InChI is InChI=1S/C8H11N5O2/c9-12-11-5-3-13(4-5)8(15)6-1-2-7(14)10-6/h5-6H,1-4H2,(H,10,14). The SMILES string of the molecule is [N-]=[N+]=NC1CN(C(=O)C2CCC(=O)N2)C1. The summed E-state index contributed by atoms with van der Waals surface area (Å²) in [5.41, 5.74) is 8.17. The molecule has 0 bridgehead atoms. The molecule has 2 amide bonds. The summed E-state index contributed by atoms with van der Waals surface area (Å²) >= 11 is 0. The Morgan fingerprint density at radius 2 is 2.33 bits per heavy atom. The summed E-state index contributed by atoms with van der Waals surface area (Å²) < 4.78 is 0. The van der Waals surface area contributed by atoms with E-state index in [-0.39, 0.29) is 23.9 Å². The number of carbonyl (C=O) groups excluding carboxylic acids is 2. The normalized spacial score (nSPS) is 25.5. The molecule has 0 aromatic rings. The lowest BCUT2D eigenvalue weighted by molar-refractivity contribution is -0.138. The molecule has 0 spiro atoms. The summed E-state index contributed by atoms with van der Waals surface area (Å²) in [5.74, 6) is -0.134. The van der Waals surface area contributed by atoms with Gasteiger partial charge in [0.05, 0.1) is 6.04 Å². The second-order valence-electron chi connectivity index (χ2n) is 3.76. The molecule has 2 rings (SSSR count). The van der Waals surface area contributed by atoms with Crippen LogP contribution in [0, 0.1) is 0 Å². The lowest BCUT2D eigenvalue weighted by Crippen LogP contribution is -2.57. The van der Waals surface area contributed by atoms with E-state index in [1.807, 2.05) is 0 Å². The lowest BCUT2D eigenvalue weighted by Gasteiger charge is -2.37. The molecule has 2 fully saturated rings. The van der Waals surface area contributed by atoms with Crippen LogP contribution in [-0.4, -0.2) is 41.9 Å². The molecule has 0 saturated carbocycles. The summed E-state index contributed by atoms with van der Waals surface area (Å²) in [5, 5.41) is 6.12. The van der Waals surface area contributed by atoms with Crippen LogP contribution in [0.25, 0.3) is 10.4 Å². The largest absolute Gasteiger partial charge is 0.344 e. The molecular weight excluding hydrogens is 198 g/mol. The molecule has 0 radical (unpaired) electrons. The summed E-state index contributed by atoms with van der Waals surface area (Å²) in [7, 11) is 0. The minimum Gasteiger partial charge on any atom is -0.344 e. The van der Waals surface area contributed by atoms with Crippen molar-refractivity contribution in [2.45, 2.75) is 24.9 Å². The van der Waals surface area contributed by atoms with Crippen LogP contribution in [0.1, 0.15) is 12.8 Å². The number of azide groups is 1. The summed E-state index contributed by atoms with van der Waals surface area (Å²) in [6.45, 7) is 0.935. The molecular formula is C8H11N5O2. The molecule has 1 N–H and O–H groups in total. The Balaban J connectivity index is 1.84. The maximum absolute atomic E-state index is 11.7. The van der Waals surface area contributed by atoms with Gasteiger partial charge in [0.15, 0.2) is 0 Å². The van der Waals surface area contributed by atoms with Gasteiger partial charge in [-0.1, -0.05) is 5.11 Å². The number of amides is 2. The molecule has 0 aromatic carbocycles.